The van der Waals surface area contributed by atoms with Crippen molar-refractivity contribution in [2.24, 2.45) is 17.6 Å². The summed E-state index contributed by atoms with van der Waals surface area (Å²) < 4.78 is 5.71. The van der Waals surface area contributed by atoms with Gasteiger partial charge in [-0.05, 0) is 73.8 Å². The average Bonchev–Trinajstić information content (AvgIpc) is 3.04. The lowest BCUT2D eigenvalue weighted by molar-refractivity contribution is 0.101. The van der Waals surface area contributed by atoms with E-state index >= 15 is 0 Å². The van der Waals surface area contributed by atoms with Crippen molar-refractivity contribution in [3.8, 4) is 0 Å². The van der Waals surface area contributed by atoms with Gasteiger partial charge in [0.15, 0.2) is 0 Å². The van der Waals surface area contributed by atoms with Gasteiger partial charge in [0, 0.05) is 12.6 Å². The molecule has 3 aliphatic rings. The number of ether oxygens (including phenoxy) is 1. The Kier molecular flexibility index (Phi) is 3.76. The lowest BCUT2D eigenvalue weighted by atomic mass is 9.92. The highest BCUT2D eigenvalue weighted by molar-refractivity contribution is 5.39. The van der Waals surface area contributed by atoms with Gasteiger partial charge in [0.05, 0.1) is 6.10 Å². The molecule has 4 rings (SSSR count). The first kappa shape index (κ1) is 13.8. The molecular weight excluding hydrogens is 258 g/mol. The zero-order valence-corrected chi connectivity index (χ0v) is 12.8. The van der Waals surface area contributed by atoms with Crippen LogP contribution in [0.3, 0.4) is 0 Å². The Morgan fingerprint density at radius 1 is 1.24 bits per heavy atom. The fourth-order valence-electron chi connectivity index (χ4n) is 4.85. The molecule has 2 fully saturated rings. The van der Waals surface area contributed by atoms with Crippen LogP contribution in [-0.2, 0) is 11.2 Å². The highest BCUT2D eigenvalue weighted by atomic mass is 16.5. The molecule has 2 nitrogen and oxygen atoms in total. The molecule has 0 radical (unpaired) electrons. The fourth-order valence-corrected chi connectivity index (χ4v) is 4.85. The molecule has 0 aromatic heterocycles. The van der Waals surface area contributed by atoms with E-state index < -0.39 is 0 Å². The van der Waals surface area contributed by atoms with Gasteiger partial charge >= 0.3 is 0 Å². The van der Waals surface area contributed by atoms with Crippen LogP contribution < -0.4 is 5.73 Å². The van der Waals surface area contributed by atoms with Gasteiger partial charge in [-0.15, -0.1) is 0 Å². The molecule has 2 N–H and O–H groups in total. The molecule has 1 aliphatic heterocycles. The van der Waals surface area contributed by atoms with Gasteiger partial charge < -0.3 is 10.5 Å². The van der Waals surface area contributed by atoms with Gasteiger partial charge in [-0.3, -0.25) is 0 Å². The molecule has 114 valence electrons. The molecule has 21 heavy (non-hydrogen) atoms. The van der Waals surface area contributed by atoms with Crippen LogP contribution in [0.15, 0.2) is 24.3 Å². The van der Waals surface area contributed by atoms with E-state index in [9.17, 15) is 0 Å². The van der Waals surface area contributed by atoms with E-state index in [-0.39, 0.29) is 0 Å². The smallest absolute Gasteiger partial charge is 0.0576 e. The second kappa shape index (κ2) is 5.73. The molecule has 0 bridgehead atoms. The minimum Gasteiger partial charge on any atom is -0.378 e. The van der Waals surface area contributed by atoms with E-state index in [4.69, 9.17) is 10.5 Å². The first-order chi connectivity index (χ1) is 10.3. The minimum absolute atomic E-state index is 0.396. The lowest BCUT2D eigenvalue weighted by Gasteiger charge is -2.14. The summed E-state index contributed by atoms with van der Waals surface area (Å²) in [6, 6.07) is 9.42. The molecule has 1 aromatic rings. The number of aryl methyl sites for hydroxylation is 1. The Morgan fingerprint density at radius 3 is 3.00 bits per heavy atom. The monoisotopic (exact) mass is 285 g/mol. The summed E-state index contributed by atoms with van der Waals surface area (Å²) >= 11 is 0. The number of rotatable bonds is 5. The lowest BCUT2D eigenvalue weighted by Crippen LogP contribution is -2.24. The molecule has 2 aliphatic carbocycles. The van der Waals surface area contributed by atoms with Crippen LogP contribution in [0.2, 0.25) is 0 Å². The van der Waals surface area contributed by atoms with E-state index in [0.717, 1.165) is 24.4 Å². The number of nitrogens with two attached hydrogens (primary N) is 1. The molecule has 5 unspecified atom stereocenters. The number of benzene rings is 1. The van der Waals surface area contributed by atoms with Crippen molar-refractivity contribution in [2.45, 2.75) is 63.0 Å². The zero-order valence-electron chi connectivity index (χ0n) is 12.8. The standard InChI is InChI=1S/C19H27NO/c20-17(9-3-6-14-7-4-12-21-14)19-16-11-10-13-5-1-2-8-15(13)18(16)19/h1-2,5,8,14,16-19H,3-4,6-7,9-12,20H2. The van der Waals surface area contributed by atoms with E-state index in [1.165, 1.54) is 44.9 Å². The molecule has 2 heteroatoms. The SMILES string of the molecule is NC(CCCC1CCCO1)C1C2CCc3ccccc3C21. The average molecular weight is 285 g/mol. The van der Waals surface area contributed by atoms with Gasteiger partial charge in [-0.2, -0.15) is 0 Å². The summed E-state index contributed by atoms with van der Waals surface area (Å²) in [4.78, 5) is 0. The fraction of sp³-hybridized carbons (Fsp3) is 0.684. The topological polar surface area (TPSA) is 35.2 Å². The summed E-state index contributed by atoms with van der Waals surface area (Å²) in [6.45, 7) is 0.972. The molecule has 5 atom stereocenters. The summed E-state index contributed by atoms with van der Waals surface area (Å²) in [5.74, 6) is 2.39. The van der Waals surface area contributed by atoms with E-state index in [1.54, 1.807) is 11.1 Å². The van der Waals surface area contributed by atoms with Crippen LogP contribution in [0.4, 0.5) is 0 Å². The first-order valence-electron chi connectivity index (χ1n) is 8.79. The minimum atomic E-state index is 0.396. The highest BCUT2D eigenvalue weighted by Crippen LogP contribution is 2.61. The normalized spacial score (nSPS) is 35.1. The third kappa shape index (κ3) is 2.64. The van der Waals surface area contributed by atoms with Crippen LogP contribution in [-0.4, -0.2) is 18.8 Å². The largest absolute Gasteiger partial charge is 0.378 e. The number of hydrogen-bond donors (Lipinski definition) is 1. The second-order valence-electron chi connectivity index (χ2n) is 7.23. The second-order valence-corrected chi connectivity index (χ2v) is 7.23. The third-order valence-corrected chi connectivity index (χ3v) is 5.97. The molecule has 1 heterocycles. The van der Waals surface area contributed by atoms with Crippen molar-refractivity contribution in [2.75, 3.05) is 6.61 Å². The molecule has 1 saturated heterocycles. The maximum Gasteiger partial charge on any atom is 0.0576 e. The maximum absolute atomic E-state index is 6.54. The number of fused-ring (bicyclic) bond motifs is 3. The van der Waals surface area contributed by atoms with E-state index in [0.29, 0.717) is 12.1 Å². The predicted molar refractivity (Wildman–Crippen MR) is 85.3 cm³/mol. The van der Waals surface area contributed by atoms with Crippen molar-refractivity contribution in [1.82, 2.24) is 0 Å². The van der Waals surface area contributed by atoms with Crippen molar-refractivity contribution in [3.63, 3.8) is 0 Å². The van der Waals surface area contributed by atoms with Crippen LogP contribution in [0.5, 0.6) is 0 Å². The van der Waals surface area contributed by atoms with Crippen molar-refractivity contribution < 1.29 is 4.74 Å². The van der Waals surface area contributed by atoms with Crippen LogP contribution in [0.1, 0.15) is 55.6 Å². The van der Waals surface area contributed by atoms with Crippen LogP contribution in [0.25, 0.3) is 0 Å². The maximum atomic E-state index is 6.54. The van der Waals surface area contributed by atoms with E-state index in [1.807, 2.05) is 0 Å². The summed E-state index contributed by atoms with van der Waals surface area (Å²) in [7, 11) is 0. The molecule has 0 spiro atoms. The third-order valence-electron chi connectivity index (χ3n) is 5.97. The van der Waals surface area contributed by atoms with Gasteiger partial charge in [0.25, 0.3) is 0 Å². The first-order valence-corrected chi connectivity index (χ1v) is 8.79. The zero-order chi connectivity index (χ0) is 14.2. The van der Waals surface area contributed by atoms with Gasteiger partial charge in [0.1, 0.15) is 0 Å². The summed E-state index contributed by atoms with van der Waals surface area (Å²) in [6.07, 6.45) is 9.29. The van der Waals surface area contributed by atoms with Gasteiger partial charge in [-0.25, -0.2) is 0 Å². The van der Waals surface area contributed by atoms with Gasteiger partial charge in [0.2, 0.25) is 0 Å². The number of hydrogen-bond acceptors (Lipinski definition) is 2. The van der Waals surface area contributed by atoms with E-state index in [2.05, 4.69) is 24.3 Å². The van der Waals surface area contributed by atoms with Crippen molar-refractivity contribution in [1.29, 1.82) is 0 Å². The molecule has 1 aromatic carbocycles. The molecule has 1 saturated carbocycles. The Morgan fingerprint density at radius 2 is 2.14 bits per heavy atom. The Labute approximate surface area is 128 Å². The van der Waals surface area contributed by atoms with Crippen molar-refractivity contribution >= 4 is 0 Å². The van der Waals surface area contributed by atoms with Crippen LogP contribution >= 0.6 is 0 Å². The summed E-state index contributed by atoms with van der Waals surface area (Å²) in [5.41, 5.74) is 9.72. The quantitative estimate of drug-likeness (QED) is 0.896. The Hall–Kier alpha value is -0.860. The predicted octanol–water partition coefficient (Wildman–Crippen LogP) is 3.64. The molecule has 0 amide bonds. The van der Waals surface area contributed by atoms with Gasteiger partial charge in [-0.1, -0.05) is 24.3 Å². The Balaban J connectivity index is 1.31. The Bertz CT molecular complexity index is 494. The molecular formula is C19H27NO. The highest BCUT2D eigenvalue weighted by Gasteiger charge is 2.55. The summed E-state index contributed by atoms with van der Waals surface area (Å²) in [5, 5.41) is 0. The van der Waals surface area contributed by atoms with Crippen molar-refractivity contribution in [3.05, 3.63) is 35.4 Å². The van der Waals surface area contributed by atoms with Crippen LogP contribution in [0, 0.1) is 11.8 Å².